The van der Waals surface area contributed by atoms with Gasteiger partial charge in [-0.15, -0.1) is 0 Å². The van der Waals surface area contributed by atoms with Gasteiger partial charge in [-0.1, -0.05) is 12.1 Å². The highest BCUT2D eigenvalue weighted by atomic mass is 19.1. The van der Waals surface area contributed by atoms with E-state index >= 15 is 0 Å². The van der Waals surface area contributed by atoms with Gasteiger partial charge < -0.3 is 19.3 Å². The van der Waals surface area contributed by atoms with Crippen LogP contribution in [0.4, 0.5) is 9.18 Å². The summed E-state index contributed by atoms with van der Waals surface area (Å²) >= 11 is 0. The second-order valence-electron chi connectivity index (χ2n) is 7.70. The molecule has 3 amide bonds. The molecule has 0 spiro atoms. The Labute approximate surface area is 164 Å². The van der Waals surface area contributed by atoms with Crippen LogP contribution in [0.25, 0.3) is 0 Å². The van der Waals surface area contributed by atoms with Crippen molar-refractivity contribution in [2.75, 3.05) is 27.2 Å². The highest BCUT2D eigenvalue weighted by Gasteiger charge is 2.38. The van der Waals surface area contributed by atoms with E-state index in [0.29, 0.717) is 13.1 Å². The molecule has 1 aliphatic heterocycles. The number of fused-ring (bicyclic) bond motifs is 1. The molecule has 6 nitrogen and oxygen atoms in total. The lowest BCUT2D eigenvalue weighted by Gasteiger charge is -2.38. The van der Waals surface area contributed by atoms with Gasteiger partial charge in [-0.05, 0) is 42.7 Å². The molecule has 2 aliphatic rings. The van der Waals surface area contributed by atoms with Crippen LogP contribution in [0.1, 0.15) is 30.1 Å². The highest BCUT2D eigenvalue weighted by Crippen LogP contribution is 2.33. The third kappa shape index (κ3) is 3.48. The van der Waals surface area contributed by atoms with E-state index in [1.54, 1.807) is 31.1 Å². The molecule has 1 aromatic heterocycles. The first-order valence-electron chi connectivity index (χ1n) is 9.63. The predicted octanol–water partition coefficient (Wildman–Crippen LogP) is 2.70. The van der Waals surface area contributed by atoms with Crippen molar-refractivity contribution in [2.45, 2.75) is 31.5 Å². The predicted molar refractivity (Wildman–Crippen MR) is 103 cm³/mol. The lowest BCUT2D eigenvalue weighted by Crippen LogP contribution is -2.50. The summed E-state index contributed by atoms with van der Waals surface area (Å²) in [5.41, 5.74) is 1.87. The Bertz CT molecular complexity index is 873. The Hall–Kier alpha value is -2.83. The molecule has 1 atom stereocenters. The highest BCUT2D eigenvalue weighted by molar-refractivity contribution is 5.85. The fourth-order valence-electron chi connectivity index (χ4n) is 3.88. The number of nitrogens with zero attached hydrogens (tertiary/aromatic N) is 4. The maximum absolute atomic E-state index is 13.4. The van der Waals surface area contributed by atoms with Gasteiger partial charge in [0.25, 0.3) is 0 Å². The van der Waals surface area contributed by atoms with Crippen molar-refractivity contribution in [1.29, 1.82) is 0 Å². The van der Waals surface area contributed by atoms with Gasteiger partial charge in [0.2, 0.25) is 5.91 Å². The minimum atomic E-state index is -0.302. The Morgan fingerprint density at radius 1 is 1.11 bits per heavy atom. The van der Waals surface area contributed by atoms with Crippen LogP contribution in [0.15, 0.2) is 42.6 Å². The van der Waals surface area contributed by atoms with Gasteiger partial charge in [0.15, 0.2) is 0 Å². The number of rotatable bonds is 4. The van der Waals surface area contributed by atoms with E-state index in [-0.39, 0.29) is 36.4 Å². The van der Waals surface area contributed by atoms with Gasteiger partial charge >= 0.3 is 6.03 Å². The topological polar surface area (TPSA) is 48.8 Å². The van der Waals surface area contributed by atoms with Crippen molar-refractivity contribution in [3.8, 4) is 0 Å². The zero-order valence-electron chi connectivity index (χ0n) is 16.2. The molecular weight excluding hydrogens is 359 g/mol. The van der Waals surface area contributed by atoms with Crippen molar-refractivity contribution >= 4 is 11.9 Å². The largest absolute Gasteiger partial charge is 0.348 e. The average Bonchev–Trinajstić information content (AvgIpc) is 3.41. The number of hydrogen-bond donors (Lipinski definition) is 0. The monoisotopic (exact) mass is 384 g/mol. The minimum Gasteiger partial charge on any atom is -0.348 e. The fraction of sp³-hybridized carbons (Fsp3) is 0.429. The van der Waals surface area contributed by atoms with Crippen molar-refractivity contribution in [3.05, 3.63) is 59.7 Å². The van der Waals surface area contributed by atoms with E-state index in [0.717, 1.165) is 24.1 Å². The summed E-state index contributed by atoms with van der Waals surface area (Å²) < 4.78 is 15.6. The molecule has 0 bridgehead atoms. The van der Waals surface area contributed by atoms with Crippen LogP contribution in [-0.4, -0.2) is 64.4 Å². The number of hydrogen-bond acceptors (Lipinski definition) is 2. The number of carbonyl (C=O) groups is 2. The Balaban J connectivity index is 1.62. The zero-order valence-corrected chi connectivity index (χ0v) is 16.2. The molecule has 1 aromatic carbocycles. The van der Waals surface area contributed by atoms with Crippen LogP contribution in [0.3, 0.4) is 0 Å². The Morgan fingerprint density at radius 3 is 2.46 bits per heavy atom. The number of aromatic nitrogens is 1. The Kier molecular flexibility index (Phi) is 4.83. The number of halogens is 1. The number of carbonyl (C=O) groups excluding carboxylic acids is 2. The molecule has 7 heteroatoms. The second-order valence-corrected chi connectivity index (χ2v) is 7.70. The zero-order chi connectivity index (χ0) is 19.8. The normalized spacial score (nSPS) is 18.5. The van der Waals surface area contributed by atoms with Gasteiger partial charge in [0.05, 0.1) is 6.04 Å². The van der Waals surface area contributed by atoms with Crippen molar-refractivity contribution < 1.29 is 14.0 Å². The third-order valence-electron chi connectivity index (χ3n) is 5.47. The van der Waals surface area contributed by atoms with Crippen molar-refractivity contribution in [1.82, 2.24) is 19.3 Å². The molecular formula is C21H25FN4O2. The first kappa shape index (κ1) is 18.5. The first-order valence-corrected chi connectivity index (χ1v) is 9.63. The van der Waals surface area contributed by atoms with Crippen LogP contribution < -0.4 is 0 Å². The number of amides is 3. The maximum atomic E-state index is 13.4. The van der Waals surface area contributed by atoms with Gasteiger partial charge in [-0.2, -0.15) is 0 Å². The number of urea groups is 1. The van der Waals surface area contributed by atoms with Crippen LogP contribution in [0, 0.1) is 5.82 Å². The number of benzene rings is 1. The van der Waals surface area contributed by atoms with Gasteiger partial charge in [-0.3, -0.25) is 4.79 Å². The van der Waals surface area contributed by atoms with Crippen LogP contribution in [0.5, 0.6) is 0 Å². The van der Waals surface area contributed by atoms with E-state index in [1.807, 2.05) is 23.2 Å². The van der Waals surface area contributed by atoms with Crippen LogP contribution in [-0.2, 0) is 11.3 Å². The molecule has 0 saturated heterocycles. The summed E-state index contributed by atoms with van der Waals surface area (Å²) in [5.74, 6) is -0.381. The van der Waals surface area contributed by atoms with Gasteiger partial charge in [-0.25, -0.2) is 9.18 Å². The summed E-state index contributed by atoms with van der Waals surface area (Å²) in [4.78, 5) is 30.8. The summed E-state index contributed by atoms with van der Waals surface area (Å²) in [5, 5.41) is 0. The summed E-state index contributed by atoms with van der Waals surface area (Å²) in [6.45, 7) is 1.33. The van der Waals surface area contributed by atoms with E-state index in [1.165, 1.54) is 17.0 Å². The van der Waals surface area contributed by atoms with Crippen LogP contribution in [0.2, 0.25) is 0 Å². The lowest BCUT2D eigenvalue weighted by molar-refractivity contribution is -0.134. The smallest absolute Gasteiger partial charge is 0.320 e. The molecule has 0 unspecified atom stereocenters. The van der Waals surface area contributed by atoms with E-state index < -0.39 is 0 Å². The molecule has 0 N–H and O–H groups in total. The molecule has 2 aromatic rings. The standard InChI is InChI=1S/C21H25FN4O2/c1-23(2)21(28)26(17-9-10-17)14-19(27)25-13-12-24-11-3-4-18(24)20(25)15-5-7-16(22)8-6-15/h3-8,11,17,20H,9-10,12-14H2,1-2H3/t20-/m1/s1. The molecule has 1 saturated carbocycles. The molecule has 2 heterocycles. The second kappa shape index (κ2) is 7.30. The van der Waals surface area contributed by atoms with E-state index in [2.05, 4.69) is 4.57 Å². The maximum Gasteiger partial charge on any atom is 0.320 e. The molecule has 0 radical (unpaired) electrons. The van der Waals surface area contributed by atoms with Crippen molar-refractivity contribution in [2.24, 2.45) is 0 Å². The summed E-state index contributed by atoms with van der Waals surface area (Å²) in [7, 11) is 3.41. The Morgan fingerprint density at radius 2 is 1.82 bits per heavy atom. The van der Waals surface area contributed by atoms with Gasteiger partial charge in [0.1, 0.15) is 12.4 Å². The molecule has 148 valence electrons. The van der Waals surface area contributed by atoms with E-state index in [9.17, 15) is 14.0 Å². The third-order valence-corrected chi connectivity index (χ3v) is 5.47. The van der Waals surface area contributed by atoms with Crippen LogP contribution >= 0.6 is 0 Å². The first-order chi connectivity index (χ1) is 13.5. The quantitative estimate of drug-likeness (QED) is 0.814. The average molecular weight is 384 g/mol. The van der Waals surface area contributed by atoms with E-state index in [4.69, 9.17) is 0 Å². The van der Waals surface area contributed by atoms with Crippen molar-refractivity contribution in [3.63, 3.8) is 0 Å². The molecule has 4 rings (SSSR count). The lowest BCUT2D eigenvalue weighted by atomic mass is 9.99. The SMILES string of the molecule is CN(C)C(=O)N(CC(=O)N1CCn2cccc2[C@H]1c1ccc(F)cc1)C1CC1. The molecule has 28 heavy (non-hydrogen) atoms. The summed E-state index contributed by atoms with van der Waals surface area (Å²) in [6.07, 6.45) is 3.88. The fourth-order valence-corrected chi connectivity index (χ4v) is 3.88. The molecule has 1 aliphatic carbocycles. The van der Waals surface area contributed by atoms with Gasteiger partial charge in [0, 0.05) is 45.1 Å². The minimum absolute atomic E-state index is 0.0695. The summed E-state index contributed by atoms with van der Waals surface area (Å²) in [6, 6.07) is 10.00. The molecule has 1 fully saturated rings.